The van der Waals surface area contributed by atoms with Crippen LogP contribution >= 0.6 is 0 Å². The van der Waals surface area contributed by atoms with E-state index in [4.69, 9.17) is 0 Å². The van der Waals surface area contributed by atoms with Crippen molar-refractivity contribution in [1.29, 1.82) is 0 Å². The zero-order chi connectivity index (χ0) is 15.9. The number of pyridine rings is 1. The van der Waals surface area contributed by atoms with Crippen molar-refractivity contribution in [2.24, 2.45) is 0 Å². The van der Waals surface area contributed by atoms with E-state index in [-0.39, 0.29) is 24.1 Å². The van der Waals surface area contributed by atoms with E-state index >= 15 is 0 Å². The number of amides is 3. The fourth-order valence-electron chi connectivity index (χ4n) is 2.28. The van der Waals surface area contributed by atoms with Crippen LogP contribution < -0.4 is 5.32 Å². The smallest absolute Gasteiger partial charge is 0.232 e. The maximum Gasteiger partial charge on any atom is 0.232 e. The second-order valence-electron chi connectivity index (χ2n) is 5.20. The van der Waals surface area contributed by atoms with Crippen LogP contribution in [0.3, 0.4) is 0 Å². The van der Waals surface area contributed by atoms with Crippen LogP contribution in [0.15, 0.2) is 24.5 Å². The second-order valence-corrected chi connectivity index (χ2v) is 5.20. The van der Waals surface area contributed by atoms with Gasteiger partial charge in [0.05, 0.1) is 0 Å². The van der Waals surface area contributed by atoms with E-state index in [0.717, 1.165) is 5.56 Å². The first-order valence-corrected chi connectivity index (χ1v) is 7.25. The molecule has 2 rings (SSSR count). The summed E-state index contributed by atoms with van der Waals surface area (Å²) in [6.07, 6.45) is 3.15. The lowest BCUT2D eigenvalue weighted by molar-refractivity contribution is -0.141. The van der Waals surface area contributed by atoms with Gasteiger partial charge < -0.3 is 15.1 Å². The van der Waals surface area contributed by atoms with Crippen molar-refractivity contribution in [2.75, 3.05) is 26.2 Å². The van der Waals surface area contributed by atoms with Crippen LogP contribution in [0.25, 0.3) is 0 Å². The number of rotatable bonds is 4. The van der Waals surface area contributed by atoms with Gasteiger partial charge >= 0.3 is 0 Å². The Kier molecular flexibility index (Phi) is 5.46. The molecule has 0 atom stereocenters. The number of nitrogens with one attached hydrogen (secondary N) is 1. The first-order valence-electron chi connectivity index (χ1n) is 7.25. The molecule has 0 bridgehead atoms. The molecule has 2 heterocycles. The van der Waals surface area contributed by atoms with Crippen LogP contribution in [0.4, 0.5) is 0 Å². The summed E-state index contributed by atoms with van der Waals surface area (Å²) < 4.78 is 0. The Morgan fingerprint density at radius 1 is 1.09 bits per heavy atom. The van der Waals surface area contributed by atoms with Crippen LogP contribution in [-0.4, -0.2) is 58.7 Å². The van der Waals surface area contributed by atoms with Gasteiger partial charge in [-0.1, -0.05) is 0 Å². The Morgan fingerprint density at radius 2 is 1.68 bits per heavy atom. The molecule has 1 aromatic heterocycles. The summed E-state index contributed by atoms with van der Waals surface area (Å²) in [5, 5.41) is 2.72. The molecule has 1 N–H and O–H groups in total. The average Bonchev–Trinajstić information content (AvgIpc) is 2.54. The zero-order valence-corrected chi connectivity index (χ0v) is 12.6. The van der Waals surface area contributed by atoms with E-state index in [0.29, 0.717) is 32.7 Å². The number of piperazine rings is 1. The first kappa shape index (κ1) is 15.9. The summed E-state index contributed by atoms with van der Waals surface area (Å²) in [6.45, 7) is 3.92. The highest BCUT2D eigenvalue weighted by Gasteiger charge is 2.23. The number of carbonyl (C=O) groups excluding carboxylic acids is 3. The molecule has 0 aliphatic carbocycles. The van der Waals surface area contributed by atoms with Crippen molar-refractivity contribution in [3.63, 3.8) is 0 Å². The van der Waals surface area contributed by atoms with Crippen LogP contribution in [0.1, 0.15) is 18.9 Å². The Labute approximate surface area is 129 Å². The van der Waals surface area contributed by atoms with E-state index in [9.17, 15) is 14.4 Å². The molecule has 0 spiro atoms. The molecule has 3 amide bonds. The van der Waals surface area contributed by atoms with E-state index in [1.165, 1.54) is 6.92 Å². The van der Waals surface area contributed by atoms with Crippen molar-refractivity contribution in [3.05, 3.63) is 30.1 Å². The fourth-order valence-corrected chi connectivity index (χ4v) is 2.28. The Morgan fingerprint density at radius 3 is 2.27 bits per heavy atom. The van der Waals surface area contributed by atoms with E-state index in [2.05, 4.69) is 10.3 Å². The highest BCUT2D eigenvalue weighted by molar-refractivity contribution is 5.96. The van der Waals surface area contributed by atoms with Gasteiger partial charge in [-0.2, -0.15) is 0 Å². The maximum absolute atomic E-state index is 12.0. The van der Waals surface area contributed by atoms with Gasteiger partial charge in [-0.05, 0) is 17.7 Å². The quantitative estimate of drug-likeness (QED) is 0.780. The van der Waals surface area contributed by atoms with Gasteiger partial charge in [0.25, 0.3) is 0 Å². The molecule has 7 nitrogen and oxygen atoms in total. The molecule has 1 aliphatic heterocycles. The predicted molar refractivity (Wildman–Crippen MR) is 79.5 cm³/mol. The Hall–Kier alpha value is -2.44. The summed E-state index contributed by atoms with van der Waals surface area (Å²) in [5.74, 6) is -0.478. The van der Waals surface area contributed by atoms with Gasteiger partial charge in [-0.3, -0.25) is 19.4 Å². The largest absolute Gasteiger partial charge is 0.352 e. The molecular formula is C15H20N4O3. The Balaban J connectivity index is 1.73. The number of hydrogen-bond donors (Lipinski definition) is 1. The van der Waals surface area contributed by atoms with Gasteiger partial charge in [0, 0.05) is 52.0 Å². The molecule has 1 saturated heterocycles. The van der Waals surface area contributed by atoms with E-state index in [1.54, 1.807) is 22.2 Å². The molecule has 1 fully saturated rings. The van der Waals surface area contributed by atoms with Crippen molar-refractivity contribution >= 4 is 17.7 Å². The third-order valence-electron chi connectivity index (χ3n) is 3.63. The minimum atomic E-state index is -0.296. The third kappa shape index (κ3) is 4.54. The van der Waals surface area contributed by atoms with Crippen LogP contribution in [0.5, 0.6) is 0 Å². The van der Waals surface area contributed by atoms with Gasteiger partial charge in [-0.25, -0.2) is 0 Å². The molecule has 0 saturated carbocycles. The minimum Gasteiger partial charge on any atom is -0.352 e. The lowest BCUT2D eigenvalue weighted by atomic mass is 10.2. The highest BCUT2D eigenvalue weighted by atomic mass is 16.2. The lowest BCUT2D eigenvalue weighted by Gasteiger charge is -2.34. The molecule has 0 radical (unpaired) electrons. The lowest BCUT2D eigenvalue weighted by Crippen LogP contribution is -2.50. The molecule has 1 aliphatic rings. The van der Waals surface area contributed by atoms with Crippen molar-refractivity contribution in [2.45, 2.75) is 19.9 Å². The van der Waals surface area contributed by atoms with Crippen molar-refractivity contribution < 1.29 is 14.4 Å². The second kappa shape index (κ2) is 7.53. The number of nitrogens with zero attached hydrogens (tertiary/aromatic N) is 3. The molecule has 1 aromatic rings. The SMILES string of the molecule is CC(=O)N1CCN(C(=O)CC(=O)NCc2ccncc2)CC1. The average molecular weight is 304 g/mol. The number of aromatic nitrogens is 1. The molecule has 7 heteroatoms. The number of hydrogen-bond acceptors (Lipinski definition) is 4. The predicted octanol–water partition coefficient (Wildman–Crippen LogP) is -0.221. The first-order chi connectivity index (χ1) is 10.6. The fraction of sp³-hybridized carbons (Fsp3) is 0.467. The molecule has 0 aromatic carbocycles. The normalized spacial score (nSPS) is 14.6. The maximum atomic E-state index is 12.0. The summed E-state index contributed by atoms with van der Waals surface area (Å²) in [7, 11) is 0. The zero-order valence-electron chi connectivity index (χ0n) is 12.6. The van der Waals surface area contributed by atoms with Gasteiger partial charge in [0.15, 0.2) is 0 Å². The summed E-state index contributed by atoms with van der Waals surface area (Å²) in [4.78, 5) is 42.3. The summed E-state index contributed by atoms with van der Waals surface area (Å²) >= 11 is 0. The van der Waals surface area contributed by atoms with Crippen LogP contribution in [0, 0.1) is 0 Å². The standard InChI is InChI=1S/C15H20N4O3/c1-12(20)18-6-8-19(9-7-18)15(22)10-14(21)17-11-13-2-4-16-5-3-13/h2-5H,6-11H2,1H3,(H,17,21). The van der Waals surface area contributed by atoms with Gasteiger partial charge in [-0.15, -0.1) is 0 Å². The molecular weight excluding hydrogens is 284 g/mol. The van der Waals surface area contributed by atoms with Crippen molar-refractivity contribution in [1.82, 2.24) is 20.1 Å². The van der Waals surface area contributed by atoms with Crippen LogP contribution in [-0.2, 0) is 20.9 Å². The van der Waals surface area contributed by atoms with E-state index in [1.807, 2.05) is 12.1 Å². The van der Waals surface area contributed by atoms with Gasteiger partial charge in [0.2, 0.25) is 17.7 Å². The summed E-state index contributed by atoms with van der Waals surface area (Å²) in [6, 6.07) is 3.62. The molecule has 22 heavy (non-hydrogen) atoms. The Bertz CT molecular complexity index is 539. The van der Waals surface area contributed by atoms with Crippen molar-refractivity contribution in [3.8, 4) is 0 Å². The summed E-state index contributed by atoms with van der Waals surface area (Å²) in [5.41, 5.74) is 0.936. The monoisotopic (exact) mass is 304 g/mol. The molecule has 0 unspecified atom stereocenters. The highest BCUT2D eigenvalue weighted by Crippen LogP contribution is 2.04. The third-order valence-corrected chi connectivity index (χ3v) is 3.63. The molecule has 118 valence electrons. The minimum absolute atomic E-state index is 0.0159. The number of carbonyl (C=O) groups is 3. The van der Waals surface area contributed by atoms with Gasteiger partial charge in [0.1, 0.15) is 6.42 Å². The van der Waals surface area contributed by atoms with E-state index < -0.39 is 0 Å². The van der Waals surface area contributed by atoms with Crippen LogP contribution in [0.2, 0.25) is 0 Å². The topological polar surface area (TPSA) is 82.6 Å².